The van der Waals surface area contributed by atoms with Crippen molar-refractivity contribution in [3.8, 4) is 0 Å². The molecule has 28 heavy (non-hydrogen) atoms. The highest BCUT2D eigenvalue weighted by molar-refractivity contribution is 6.31. The van der Waals surface area contributed by atoms with Crippen molar-refractivity contribution in [2.45, 2.75) is 19.4 Å². The molecule has 0 saturated carbocycles. The molecule has 4 nitrogen and oxygen atoms in total. The van der Waals surface area contributed by atoms with E-state index in [1.165, 1.54) is 0 Å². The number of amides is 2. The average molecular weight is 393 g/mol. The maximum absolute atomic E-state index is 12.6. The predicted molar refractivity (Wildman–Crippen MR) is 112 cm³/mol. The zero-order chi connectivity index (χ0) is 19.8. The quantitative estimate of drug-likeness (QED) is 0.604. The molecule has 0 bridgehead atoms. The summed E-state index contributed by atoms with van der Waals surface area (Å²) in [5, 5.41) is 6.37. The zero-order valence-electron chi connectivity index (χ0n) is 15.3. The first-order valence-corrected chi connectivity index (χ1v) is 9.45. The van der Waals surface area contributed by atoms with Crippen LogP contribution in [0.5, 0.6) is 0 Å². The second kappa shape index (κ2) is 9.72. The van der Waals surface area contributed by atoms with Gasteiger partial charge < -0.3 is 10.6 Å². The number of benzene rings is 3. The minimum Gasteiger partial charge on any atom is -0.348 e. The van der Waals surface area contributed by atoms with Gasteiger partial charge in [0.25, 0.3) is 5.91 Å². The van der Waals surface area contributed by atoms with Crippen LogP contribution in [0.4, 0.5) is 5.69 Å². The van der Waals surface area contributed by atoms with Crippen LogP contribution in [-0.2, 0) is 17.8 Å². The highest BCUT2D eigenvalue weighted by Gasteiger charge is 2.13. The Morgan fingerprint density at radius 3 is 2.29 bits per heavy atom. The average Bonchev–Trinajstić information content (AvgIpc) is 2.72. The molecule has 3 aromatic carbocycles. The maximum atomic E-state index is 12.6. The third-order valence-corrected chi connectivity index (χ3v) is 4.69. The van der Waals surface area contributed by atoms with Gasteiger partial charge in [-0.3, -0.25) is 9.59 Å². The van der Waals surface area contributed by atoms with Crippen LogP contribution >= 0.6 is 11.6 Å². The van der Waals surface area contributed by atoms with Gasteiger partial charge in [-0.25, -0.2) is 0 Å². The van der Waals surface area contributed by atoms with E-state index in [0.29, 0.717) is 29.2 Å². The van der Waals surface area contributed by atoms with Crippen molar-refractivity contribution in [1.82, 2.24) is 5.32 Å². The monoisotopic (exact) mass is 392 g/mol. The molecule has 142 valence electrons. The van der Waals surface area contributed by atoms with E-state index in [9.17, 15) is 9.59 Å². The second-order valence-corrected chi connectivity index (χ2v) is 6.76. The van der Waals surface area contributed by atoms with Crippen LogP contribution in [0.15, 0.2) is 78.9 Å². The number of rotatable bonds is 7. The Labute approximate surface area is 169 Å². The molecule has 0 aliphatic heterocycles. The van der Waals surface area contributed by atoms with E-state index >= 15 is 0 Å². The molecule has 3 aromatic rings. The molecule has 0 radical (unpaired) electrons. The molecule has 2 amide bonds. The van der Waals surface area contributed by atoms with E-state index in [2.05, 4.69) is 10.6 Å². The van der Waals surface area contributed by atoms with E-state index in [1.54, 1.807) is 30.3 Å². The standard InChI is InChI=1S/C23H21ClN2O2/c24-20-12-6-4-10-18(20)14-15-22(27)26-21-13-7-5-11-19(21)23(28)25-16-17-8-2-1-3-9-17/h1-13H,14-16H2,(H,25,28)(H,26,27). The summed E-state index contributed by atoms with van der Waals surface area (Å²) in [6.45, 7) is 0.425. The minimum absolute atomic E-state index is 0.164. The van der Waals surface area contributed by atoms with Gasteiger partial charge in [-0.1, -0.05) is 72.3 Å². The Bertz CT molecular complexity index is 958. The Balaban J connectivity index is 1.60. The van der Waals surface area contributed by atoms with Gasteiger partial charge in [0.2, 0.25) is 5.91 Å². The Kier molecular flexibility index (Phi) is 6.82. The summed E-state index contributed by atoms with van der Waals surface area (Å²) < 4.78 is 0. The van der Waals surface area contributed by atoms with Crippen molar-refractivity contribution in [3.05, 3.63) is 101 Å². The topological polar surface area (TPSA) is 58.2 Å². The van der Waals surface area contributed by atoms with Crippen molar-refractivity contribution in [2.24, 2.45) is 0 Å². The number of anilines is 1. The molecule has 0 atom stereocenters. The van der Waals surface area contributed by atoms with Crippen LogP contribution in [0.1, 0.15) is 27.9 Å². The number of nitrogens with one attached hydrogen (secondary N) is 2. The van der Waals surface area contributed by atoms with Crippen LogP contribution in [0, 0.1) is 0 Å². The number of carbonyl (C=O) groups is 2. The first-order chi connectivity index (χ1) is 13.6. The fraction of sp³-hybridized carbons (Fsp3) is 0.130. The number of halogens is 1. The van der Waals surface area contributed by atoms with Crippen LogP contribution in [-0.4, -0.2) is 11.8 Å². The van der Waals surface area contributed by atoms with Crippen LogP contribution < -0.4 is 10.6 Å². The molecule has 0 aliphatic carbocycles. The summed E-state index contributed by atoms with van der Waals surface area (Å²) in [6.07, 6.45) is 0.817. The number of carbonyl (C=O) groups excluding carboxylic acids is 2. The van der Waals surface area contributed by atoms with E-state index < -0.39 is 0 Å². The summed E-state index contributed by atoms with van der Waals surface area (Å²) in [5.41, 5.74) is 2.87. The minimum atomic E-state index is -0.231. The van der Waals surface area contributed by atoms with Gasteiger partial charge in [-0.15, -0.1) is 0 Å². The molecule has 0 fully saturated rings. The SMILES string of the molecule is O=C(CCc1ccccc1Cl)Nc1ccccc1C(=O)NCc1ccccc1. The maximum Gasteiger partial charge on any atom is 0.253 e. The van der Waals surface area contributed by atoms with Gasteiger partial charge in [0.1, 0.15) is 0 Å². The molecule has 0 aromatic heterocycles. The van der Waals surface area contributed by atoms with Gasteiger partial charge in [0.15, 0.2) is 0 Å². The summed E-state index contributed by atoms with van der Waals surface area (Å²) in [4.78, 5) is 24.9. The normalized spacial score (nSPS) is 10.3. The molecule has 0 heterocycles. The van der Waals surface area contributed by atoms with E-state index in [-0.39, 0.29) is 18.2 Å². The van der Waals surface area contributed by atoms with Crippen LogP contribution in [0.2, 0.25) is 5.02 Å². The third-order valence-electron chi connectivity index (χ3n) is 4.32. The number of aryl methyl sites for hydroxylation is 1. The third kappa shape index (κ3) is 5.44. The van der Waals surface area contributed by atoms with Gasteiger partial charge in [0.05, 0.1) is 11.3 Å². The van der Waals surface area contributed by atoms with E-state index in [1.807, 2.05) is 48.5 Å². The first kappa shape index (κ1) is 19.6. The molecular weight excluding hydrogens is 372 g/mol. The van der Waals surface area contributed by atoms with Crippen molar-refractivity contribution in [2.75, 3.05) is 5.32 Å². The smallest absolute Gasteiger partial charge is 0.253 e. The lowest BCUT2D eigenvalue weighted by Crippen LogP contribution is -2.24. The highest BCUT2D eigenvalue weighted by Crippen LogP contribution is 2.18. The van der Waals surface area contributed by atoms with Crippen LogP contribution in [0.3, 0.4) is 0 Å². The molecular formula is C23H21ClN2O2. The van der Waals surface area contributed by atoms with Crippen molar-refractivity contribution < 1.29 is 9.59 Å². The fourth-order valence-corrected chi connectivity index (χ4v) is 3.06. The number of hydrogen-bond acceptors (Lipinski definition) is 2. The van der Waals surface area contributed by atoms with Crippen molar-refractivity contribution in [1.29, 1.82) is 0 Å². The summed E-state index contributed by atoms with van der Waals surface area (Å²) >= 11 is 6.14. The largest absolute Gasteiger partial charge is 0.348 e. The van der Waals surface area contributed by atoms with Crippen molar-refractivity contribution in [3.63, 3.8) is 0 Å². The number of para-hydroxylation sites is 1. The Morgan fingerprint density at radius 1 is 0.821 bits per heavy atom. The van der Waals surface area contributed by atoms with Gasteiger partial charge >= 0.3 is 0 Å². The molecule has 0 spiro atoms. The molecule has 0 unspecified atom stereocenters. The molecule has 0 saturated heterocycles. The lowest BCUT2D eigenvalue weighted by atomic mass is 10.1. The van der Waals surface area contributed by atoms with Gasteiger partial charge in [0, 0.05) is 18.0 Å². The lowest BCUT2D eigenvalue weighted by Gasteiger charge is -2.12. The molecule has 5 heteroatoms. The van der Waals surface area contributed by atoms with E-state index in [4.69, 9.17) is 11.6 Å². The van der Waals surface area contributed by atoms with Crippen molar-refractivity contribution >= 4 is 29.1 Å². The second-order valence-electron chi connectivity index (χ2n) is 6.35. The van der Waals surface area contributed by atoms with Crippen LogP contribution in [0.25, 0.3) is 0 Å². The predicted octanol–water partition coefficient (Wildman–Crippen LogP) is 4.84. The number of hydrogen-bond donors (Lipinski definition) is 2. The summed E-state index contributed by atoms with van der Waals surface area (Å²) in [6, 6.07) is 24.1. The Hall–Kier alpha value is -3.11. The van der Waals surface area contributed by atoms with Gasteiger partial charge in [-0.2, -0.15) is 0 Å². The van der Waals surface area contributed by atoms with E-state index in [0.717, 1.165) is 11.1 Å². The molecule has 2 N–H and O–H groups in total. The highest BCUT2D eigenvalue weighted by atomic mass is 35.5. The zero-order valence-corrected chi connectivity index (χ0v) is 16.1. The molecule has 3 rings (SSSR count). The summed E-state index contributed by atoms with van der Waals surface area (Å²) in [7, 11) is 0. The Morgan fingerprint density at radius 2 is 1.50 bits per heavy atom. The lowest BCUT2D eigenvalue weighted by molar-refractivity contribution is -0.116. The molecule has 0 aliphatic rings. The fourth-order valence-electron chi connectivity index (χ4n) is 2.83. The van der Waals surface area contributed by atoms with Gasteiger partial charge in [-0.05, 0) is 35.7 Å². The first-order valence-electron chi connectivity index (χ1n) is 9.08. The summed E-state index contributed by atoms with van der Waals surface area (Å²) in [5.74, 6) is -0.394.